The summed E-state index contributed by atoms with van der Waals surface area (Å²) in [4.78, 5) is 27.6. The number of aromatic hydroxyl groups is 1. The summed E-state index contributed by atoms with van der Waals surface area (Å²) in [5.74, 6) is -0.314. The molecule has 1 fully saturated rings. The number of hydrogen-bond donors (Lipinski definition) is 1. The maximum atomic E-state index is 12.4. The number of carbonyl (C=O) groups is 2. The molecule has 20 heavy (non-hydrogen) atoms. The summed E-state index contributed by atoms with van der Waals surface area (Å²) in [6.45, 7) is 1.05. The minimum absolute atomic E-state index is 0.0152. The van der Waals surface area contributed by atoms with Gasteiger partial charge >= 0.3 is 0 Å². The zero-order valence-corrected chi connectivity index (χ0v) is 11.9. The van der Waals surface area contributed by atoms with E-state index in [1.807, 2.05) is 0 Å². The molecule has 1 saturated heterocycles. The van der Waals surface area contributed by atoms with Crippen LogP contribution in [0.15, 0.2) is 24.3 Å². The molecular weight excluding hydrogens is 256 g/mol. The van der Waals surface area contributed by atoms with Gasteiger partial charge in [0.15, 0.2) is 0 Å². The van der Waals surface area contributed by atoms with E-state index in [0.29, 0.717) is 18.7 Å². The van der Waals surface area contributed by atoms with Gasteiger partial charge in [0.25, 0.3) is 5.91 Å². The first-order valence-electron chi connectivity index (χ1n) is 6.79. The smallest absolute Gasteiger partial charge is 0.257 e. The molecule has 1 aromatic rings. The van der Waals surface area contributed by atoms with Crippen LogP contribution in [0.1, 0.15) is 23.2 Å². The second kappa shape index (κ2) is 5.94. The first kappa shape index (κ1) is 14.4. The van der Waals surface area contributed by atoms with Gasteiger partial charge in [-0.15, -0.1) is 0 Å². The van der Waals surface area contributed by atoms with Gasteiger partial charge in [-0.05, 0) is 25.0 Å². The number of likely N-dealkylation sites (tertiary alicyclic amines) is 1. The normalized spacial score (nSPS) is 18.7. The summed E-state index contributed by atoms with van der Waals surface area (Å²) in [7, 11) is 3.46. The molecule has 1 aromatic carbocycles. The van der Waals surface area contributed by atoms with E-state index in [1.54, 1.807) is 42.1 Å². The van der Waals surface area contributed by atoms with Gasteiger partial charge < -0.3 is 14.9 Å². The van der Waals surface area contributed by atoms with Crippen LogP contribution in [0, 0.1) is 5.92 Å². The van der Waals surface area contributed by atoms with Crippen LogP contribution in [-0.2, 0) is 4.79 Å². The van der Waals surface area contributed by atoms with Gasteiger partial charge in [0.1, 0.15) is 5.75 Å². The molecule has 1 aliphatic rings. The minimum Gasteiger partial charge on any atom is -0.507 e. The van der Waals surface area contributed by atoms with E-state index in [4.69, 9.17) is 0 Å². The van der Waals surface area contributed by atoms with Crippen LogP contribution in [0.2, 0.25) is 0 Å². The van der Waals surface area contributed by atoms with Crippen molar-refractivity contribution in [2.75, 3.05) is 27.2 Å². The van der Waals surface area contributed by atoms with Crippen molar-refractivity contribution in [3.63, 3.8) is 0 Å². The maximum absolute atomic E-state index is 12.4. The predicted octanol–water partition coefficient (Wildman–Crippen LogP) is 1.33. The van der Waals surface area contributed by atoms with Crippen molar-refractivity contribution in [2.24, 2.45) is 5.92 Å². The van der Waals surface area contributed by atoms with Crippen molar-refractivity contribution in [1.29, 1.82) is 0 Å². The van der Waals surface area contributed by atoms with Crippen molar-refractivity contribution in [3.8, 4) is 5.75 Å². The van der Waals surface area contributed by atoms with Crippen molar-refractivity contribution in [1.82, 2.24) is 9.80 Å². The van der Waals surface area contributed by atoms with Gasteiger partial charge in [-0.25, -0.2) is 0 Å². The molecule has 1 atom stereocenters. The molecule has 0 aromatic heterocycles. The second-order valence-corrected chi connectivity index (χ2v) is 5.34. The topological polar surface area (TPSA) is 60.9 Å². The Balaban J connectivity index is 2.11. The molecule has 0 unspecified atom stereocenters. The van der Waals surface area contributed by atoms with Crippen molar-refractivity contribution in [3.05, 3.63) is 29.8 Å². The van der Waals surface area contributed by atoms with Gasteiger partial charge in [0, 0.05) is 27.2 Å². The highest BCUT2D eigenvalue weighted by Crippen LogP contribution is 2.23. The highest BCUT2D eigenvalue weighted by atomic mass is 16.3. The number of amides is 2. The molecule has 0 spiro atoms. The van der Waals surface area contributed by atoms with Gasteiger partial charge in [0.05, 0.1) is 11.5 Å². The van der Waals surface area contributed by atoms with E-state index < -0.39 is 0 Å². The molecule has 0 bridgehead atoms. The maximum Gasteiger partial charge on any atom is 0.257 e. The van der Waals surface area contributed by atoms with Crippen LogP contribution in [0.25, 0.3) is 0 Å². The molecule has 2 amide bonds. The fourth-order valence-corrected chi connectivity index (χ4v) is 2.55. The average molecular weight is 276 g/mol. The molecule has 1 heterocycles. The fourth-order valence-electron chi connectivity index (χ4n) is 2.55. The molecule has 1 aliphatic heterocycles. The van der Waals surface area contributed by atoms with Crippen LogP contribution in [0.5, 0.6) is 5.75 Å². The van der Waals surface area contributed by atoms with E-state index >= 15 is 0 Å². The summed E-state index contributed by atoms with van der Waals surface area (Å²) in [6, 6.07) is 6.51. The van der Waals surface area contributed by atoms with E-state index in [0.717, 1.165) is 12.8 Å². The lowest BCUT2D eigenvalue weighted by Gasteiger charge is -2.33. The largest absolute Gasteiger partial charge is 0.507 e. The van der Waals surface area contributed by atoms with E-state index in [1.165, 1.54) is 6.07 Å². The monoisotopic (exact) mass is 276 g/mol. The summed E-state index contributed by atoms with van der Waals surface area (Å²) >= 11 is 0. The molecule has 1 N–H and O–H groups in total. The third-order valence-electron chi connectivity index (χ3n) is 3.63. The number of hydrogen-bond acceptors (Lipinski definition) is 3. The number of piperidine rings is 1. The first-order valence-corrected chi connectivity index (χ1v) is 6.79. The Labute approximate surface area is 118 Å². The molecule has 5 nitrogen and oxygen atoms in total. The molecular formula is C15H20N2O3. The lowest BCUT2D eigenvalue weighted by molar-refractivity contribution is -0.134. The van der Waals surface area contributed by atoms with Crippen molar-refractivity contribution >= 4 is 11.8 Å². The Morgan fingerprint density at radius 3 is 2.65 bits per heavy atom. The first-order chi connectivity index (χ1) is 9.50. The van der Waals surface area contributed by atoms with Crippen molar-refractivity contribution < 1.29 is 14.7 Å². The van der Waals surface area contributed by atoms with Crippen LogP contribution in [0.3, 0.4) is 0 Å². The zero-order chi connectivity index (χ0) is 14.7. The van der Waals surface area contributed by atoms with E-state index in [2.05, 4.69) is 0 Å². The SMILES string of the molecule is CN(C)C(=O)[C@@H]1CCCN(C(=O)c2ccccc2O)C1. The minimum atomic E-state index is -0.209. The van der Waals surface area contributed by atoms with E-state index in [9.17, 15) is 14.7 Å². The molecule has 2 rings (SSSR count). The molecule has 0 aliphatic carbocycles. The molecule has 108 valence electrons. The molecule has 0 radical (unpaired) electrons. The summed E-state index contributed by atoms with van der Waals surface area (Å²) in [5.41, 5.74) is 0.297. The van der Waals surface area contributed by atoms with Gasteiger partial charge in [0.2, 0.25) is 5.91 Å². The van der Waals surface area contributed by atoms with Crippen LogP contribution < -0.4 is 0 Å². The lowest BCUT2D eigenvalue weighted by atomic mass is 9.96. The highest BCUT2D eigenvalue weighted by molar-refractivity contribution is 5.97. The number of nitrogens with zero attached hydrogens (tertiary/aromatic N) is 2. The Morgan fingerprint density at radius 1 is 1.30 bits per heavy atom. The molecule has 0 saturated carbocycles. The second-order valence-electron chi connectivity index (χ2n) is 5.34. The van der Waals surface area contributed by atoms with Gasteiger partial charge in [-0.1, -0.05) is 12.1 Å². The number of phenolic OH excluding ortho intramolecular Hbond substituents is 1. The van der Waals surface area contributed by atoms with Crippen LogP contribution in [0.4, 0.5) is 0 Å². The quantitative estimate of drug-likeness (QED) is 0.886. The number of para-hydroxylation sites is 1. The predicted molar refractivity (Wildman–Crippen MR) is 75.4 cm³/mol. The Hall–Kier alpha value is -2.04. The Bertz CT molecular complexity index is 514. The number of carbonyl (C=O) groups excluding carboxylic acids is 2. The van der Waals surface area contributed by atoms with Crippen LogP contribution >= 0.6 is 0 Å². The third kappa shape index (κ3) is 2.92. The van der Waals surface area contributed by atoms with Crippen LogP contribution in [-0.4, -0.2) is 53.9 Å². The number of rotatable bonds is 2. The average Bonchev–Trinajstić information content (AvgIpc) is 2.46. The van der Waals surface area contributed by atoms with E-state index in [-0.39, 0.29) is 23.5 Å². The summed E-state index contributed by atoms with van der Waals surface area (Å²) in [5, 5.41) is 9.75. The number of benzene rings is 1. The standard InChI is InChI=1S/C15H20N2O3/c1-16(2)14(19)11-6-5-9-17(10-11)15(20)12-7-3-4-8-13(12)18/h3-4,7-8,11,18H,5-6,9-10H2,1-2H3/t11-/m1/s1. The third-order valence-corrected chi connectivity index (χ3v) is 3.63. The summed E-state index contributed by atoms with van der Waals surface area (Å²) < 4.78 is 0. The number of phenols is 1. The highest BCUT2D eigenvalue weighted by Gasteiger charge is 2.30. The Kier molecular flexibility index (Phi) is 4.27. The fraction of sp³-hybridized carbons (Fsp3) is 0.467. The molecule has 5 heteroatoms. The summed E-state index contributed by atoms with van der Waals surface area (Å²) in [6.07, 6.45) is 1.62. The van der Waals surface area contributed by atoms with Gasteiger partial charge in [-0.3, -0.25) is 9.59 Å². The lowest BCUT2D eigenvalue weighted by Crippen LogP contribution is -2.45. The van der Waals surface area contributed by atoms with Crippen molar-refractivity contribution in [2.45, 2.75) is 12.8 Å². The Morgan fingerprint density at radius 2 is 2.00 bits per heavy atom. The zero-order valence-electron chi connectivity index (χ0n) is 11.9. The van der Waals surface area contributed by atoms with Gasteiger partial charge in [-0.2, -0.15) is 0 Å².